The third-order valence-corrected chi connectivity index (χ3v) is 4.57. The molecule has 0 fully saturated rings. The maximum absolute atomic E-state index is 12.0. The number of hydrogen-bond acceptors (Lipinski definition) is 5. The predicted octanol–water partition coefficient (Wildman–Crippen LogP) is 3.55. The van der Waals surface area contributed by atoms with Gasteiger partial charge in [0.2, 0.25) is 0 Å². The Hall–Kier alpha value is -3.48. The minimum absolute atomic E-state index is 0.128. The zero-order chi connectivity index (χ0) is 18.3. The Kier molecular flexibility index (Phi) is 3.76. The molecule has 0 unspecified atom stereocenters. The number of nitrogens with two attached hydrogens (primary N) is 1. The third-order valence-electron chi connectivity index (χ3n) is 4.57. The van der Waals surface area contributed by atoms with E-state index in [2.05, 4.69) is 5.10 Å². The summed E-state index contributed by atoms with van der Waals surface area (Å²) in [6.07, 6.45) is 3.78. The molecule has 0 amide bonds. The molecule has 1 aromatic heterocycles. The van der Waals surface area contributed by atoms with Gasteiger partial charge in [-0.05, 0) is 47.1 Å². The van der Waals surface area contributed by atoms with Crippen LogP contribution in [0, 0.1) is 10.1 Å². The second-order valence-corrected chi connectivity index (χ2v) is 6.31. The van der Waals surface area contributed by atoms with Crippen LogP contribution in [0.2, 0.25) is 0 Å². The van der Waals surface area contributed by atoms with Crippen LogP contribution in [0.25, 0.3) is 16.8 Å². The molecule has 2 aromatic carbocycles. The molecule has 0 spiro atoms. The number of nitro groups is 1. The number of anilines is 1. The Bertz CT molecular complexity index is 1040. The molecule has 0 saturated carbocycles. The van der Waals surface area contributed by atoms with E-state index in [-0.39, 0.29) is 11.6 Å². The van der Waals surface area contributed by atoms with Gasteiger partial charge in [-0.2, -0.15) is 0 Å². The summed E-state index contributed by atoms with van der Waals surface area (Å²) >= 11 is 0. The van der Waals surface area contributed by atoms with Crippen LogP contribution in [0.15, 0.2) is 48.7 Å². The van der Waals surface area contributed by atoms with Gasteiger partial charge in [-0.25, -0.2) is 0 Å². The molecule has 7 heteroatoms. The number of fused-ring (bicyclic) bond motifs is 1. The van der Waals surface area contributed by atoms with Crippen molar-refractivity contribution in [2.75, 3.05) is 5.73 Å². The SMILES string of the molecule is Nc1cccc(-n2cc(-c3ccc4c(c3)CCCC4=O)c([N+](=O)[O-])n2)c1. The number of ketones is 1. The van der Waals surface area contributed by atoms with Crippen molar-refractivity contribution >= 4 is 17.3 Å². The van der Waals surface area contributed by atoms with Crippen LogP contribution in [-0.2, 0) is 6.42 Å². The van der Waals surface area contributed by atoms with E-state index in [1.165, 1.54) is 4.68 Å². The zero-order valence-corrected chi connectivity index (χ0v) is 13.9. The third kappa shape index (κ3) is 2.73. The monoisotopic (exact) mass is 348 g/mol. The molecule has 2 N–H and O–H groups in total. The van der Waals surface area contributed by atoms with E-state index in [1.807, 2.05) is 6.07 Å². The molecule has 3 aromatic rings. The highest BCUT2D eigenvalue weighted by Gasteiger charge is 2.25. The molecule has 0 saturated heterocycles. The van der Waals surface area contributed by atoms with E-state index in [9.17, 15) is 14.9 Å². The first-order valence-electron chi connectivity index (χ1n) is 8.29. The maximum atomic E-state index is 12.0. The number of aromatic nitrogens is 2. The van der Waals surface area contributed by atoms with Gasteiger partial charge in [-0.1, -0.05) is 24.3 Å². The van der Waals surface area contributed by atoms with Gasteiger partial charge >= 0.3 is 5.82 Å². The number of nitrogens with zero attached hydrogens (tertiary/aromatic N) is 3. The maximum Gasteiger partial charge on any atom is 0.398 e. The Morgan fingerprint density at radius 3 is 2.73 bits per heavy atom. The number of benzene rings is 2. The van der Waals surface area contributed by atoms with Gasteiger partial charge in [0.25, 0.3) is 0 Å². The average Bonchev–Trinajstić information content (AvgIpc) is 3.07. The van der Waals surface area contributed by atoms with E-state index in [4.69, 9.17) is 5.73 Å². The molecule has 7 nitrogen and oxygen atoms in total. The largest absolute Gasteiger partial charge is 0.399 e. The van der Waals surface area contributed by atoms with E-state index in [0.717, 1.165) is 18.4 Å². The lowest BCUT2D eigenvalue weighted by molar-refractivity contribution is -0.389. The molecule has 130 valence electrons. The zero-order valence-electron chi connectivity index (χ0n) is 13.9. The Morgan fingerprint density at radius 2 is 1.96 bits per heavy atom. The van der Waals surface area contributed by atoms with Crippen LogP contribution in [0.5, 0.6) is 0 Å². The number of Topliss-reactive ketones (excluding diaryl/α,β-unsaturated/α-hetero) is 1. The minimum atomic E-state index is -0.497. The van der Waals surface area contributed by atoms with Crippen LogP contribution in [0.4, 0.5) is 11.5 Å². The summed E-state index contributed by atoms with van der Waals surface area (Å²) in [5, 5.41) is 15.6. The minimum Gasteiger partial charge on any atom is -0.399 e. The molecule has 1 aliphatic rings. The molecular formula is C19H16N4O3. The number of aryl methyl sites for hydroxylation is 1. The smallest absolute Gasteiger partial charge is 0.398 e. The van der Waals surface area contributed by atoms with Gasteiger partial charge in [0, 0.05) is 17.7 Å². The Labute approximate surface area is 149 Å². The molecular weight excluding hydrogens is 332 g/mol. The summed E-state index contributed by atoms with van der Waals surface area (Å²) in [6.45, 7) is 0. The lowest BCUT2D eigenvalue weighted by atomic mass is 9.88. The molecule has 1 aliphatic carbocycles. The van der Waals surface area contributed by atoms with Crippen molar-refractivity contribution in [3.8, 4) is 16.8 Å². The summed E-state index contributed by atoms with van der Waals surface area (Å²) in [4.78, 5) is 23.0. The first-order valence-corrected chi connectivity index (χ1v) is 8.29. The van der Waals surface area contributed by atoms with Crippen molar-refractivity contribution < 1.29 is 9.72 Å². The van der Waals surface area contributed by atoms with Crippen LogP contribution < -0.4 is 5.73 Å². The summed E-state index contributed by atoms with van der Waals surface area (Å²) in [7, 11) is 0. The topological polar surface area (TPSA) is 104 Å². The Morgan fingerprint density at radius 1 is 1.12 bits per heavy atom. The Balaban J connectivity index is 1.84. The van der Waals surface area contributed by atoms with Gasteiger partial charge in [0.05, 0.1) is 17.0 Å². The average molecular weight is 348 g/mol. The summed E-state index contributed by atoms with van der Waals surface area (Å²) in [6, 6.07) is 12.4. The lowest BCUT2D eigenvalue weighted by Gasteiger charge is -2.15. The molecule has 0 atom stereocenters. The van der Waals surface area contributed by atoms with Gasteiger partial charge in [0.15, 0.2) is 5.78 Å². The van der Waals surface area contributed by atoms with E-state index >= 15 is 0 Å². The molecule has 1 heterocycles. The fraction of sp³-hybridized carbons (Fsp3) is 0.158. The lowest BCUT2D eigenvalue weighted by Crippen LogP contribution is -2.10. The fourth-order valence-corrected chi connectivity index (χ4v) is 3.32. The standard InChI is InChI=1S/C19H16N4O3/c20-14-4-2-5-15(10-14)22-11-17(19(21-22)23(25)26)13-7-8-16-12(9-13)3-1-6-18(16)24/h2,4-5,7-11H,1,3,6,20H2. The highest BCUT2D eigenvalue weighted by molar-refractivity contribution is 5.99. The summed E-state index contributed by atoms with van der Waals surface area (Å²) < 4.78 is 1.45. The van der Waals surface area contributed by atoms with Crippen LogP contribution in [0.3, 0.4) is 0 Å². The number of rotatable bonds is 3. The highest BCUT2D eigenvalue weighted by atomic mass is 16.6. The van der Waals surface area contributed by atoms with Crippen molar-refractivity contribution in [3.05, 3.63) is 69.9 Å². The first kappa shape index (κ1) is 16.0. The second kappa shape index (κ2) is 6.11. The quantitative estimate of drug-likeness (QED) is 0.443. The van der Waals surface area contributed by atoms with Crippen LogP contribution in [-0.4, -0.2) is 20.5 Å². The molecule has 0 bridgehead atoms. The highest BCUT2D eigenvalue weighted by Crippen LogP contribution is 2.33. The summed E-state index contributed by atoms with van der Waals surface area (Å²) in [5.41, 5.74) is 9.73. The molecule has 0 radical (unpaired) electrons. The van der Waals surface area contributed by atoms with E-state index in [0.29, 0.717) is 34.5 Å². The molecule has 0 aliphatic heterocycles. The van der Waals surface area contributed by atoms with Gasteiger partial charge in [-0.3, -0.25) is 4.79 Å². The van der Waals surface area contributed by atoms with E-state index < -0.39 is 4.92 Å². The summed E-state index contributed by atoms with van der Waals surface area (Å²) in [5.74, 6) is -0.0998. The number of carbonyl (C=O) groups is 1. The van der Waals surface area contributed by atoms with Crippen molar-refractivity contribution in [1.29, 1.82) is 0 Å². The molecule has 4 rings (SSSR count). The second-order valence-electron chi connectivity index (χ2n) is 6.31. The van der Waals surface area contributed by atoms with Gasteiger partial charge in [-0.15, -0.1) is 4.68 Å². The van der Waals surface area contributed by atoms with Gasteiger partial charge < -0.3 is 15.8 Å². The van der Waals surface area contributed by atoms with Crippen molar-refractivity contribution in [3.63, 3.8) is 0 Å². The van der Waals surface area contributed by atoms with Crippen LogP contribution >= 0.6 is 0 Å². The number of hydrogen-bond donors (Lipinski definition) is 1. The van der Waals surface area contributed by atoms with Crippen molar-refractivity contribution in [2.24, 2.45) is 0 Å². The normalized spacial score (nSPS) is 13.5. The van der Waals surface area contributed by atoms with Crippen LogP contribution in [0.1, 0.15) is 28.8 Å². The van der Waals surface area contributed by atoms with Crippen molar-refractivity contribution in [1.82, 2.24) is 9.78 Å². The predicted molar refractivity (Wildman–Crippen MR) is 97.3 cm³/mol. The molecule has 26 heavy (non-hydrogen) atoms. The fourth-order valence-electron chi connectivity index (χ4n) is 3.32. The number of nitrogen functional groups attached to an aromatic ring is 1. The van der Waals surface area contributed by atoms with E-state index in [1.54, 1.807) is 42.6 Å². The van der Waals surface area contributed by atoms with Crippen molar-refractivity contribution in [2.45, 2.75) is 19.3 Å². The number of carbonyl (C=O) groups excluding carboxylic acids is 1. The van der Waals surface area contributed by atoms with Gasteiger partial charge in [0.1, 0.15) is 5.56 Å². The first-order chi connectivity index (χ1) is 12.5.